The Bertz CT molecular complexity index is 397. The van der Waals surface area contributed by atoms with Gasteiger partial charge in [-0.1, -0.05) is 0 Å². The van der Waals surface area contributed by atoms with E-state index >= 15 is 0 Å². The van der Waals surface area contributed by atoms with Crippen LogP contribution in [0.2, 0.25) is 0 Å². The average molecular weight is 238 g/mol. The highest BCUT2D eigenvalue weighted by Crippen LogP contribution is 1.92. The highest BCUT2D eigenvalue weighted by Gasteiger charge is 1.92. The summed E-state index contributed by atoms with van der Waals surface area (Å²) in [7, 11) is 0. The van der Waals surface area contributed by atoms with Gasteiger partial charge in [0.25, 0.3) is 0 Å². The zero-order valence-electron chi connectivity index (χ0n) is 9.90. The molecule has 6 heteroatoms. The van der Waals surface area contributed by atoms with Crippen molar-refractivity contribution in [2.75, 3.05) is 13.2 Å². The Balaban J connectivity index is 0.000000171. The molecule has 0 aromatic carbocycles. The van der Waals surface area contributed by atoms with Crippen LogP contribution in [-0.4, -0.2) is 42.5 Å². The number of aliphatic hydroxyl groups is 2. The molecule has 6 nitrogen and oxygen atoms in total. The molecule has 0 spiro atoms. The summed E-state index contributed by atoms with van der Waals surface area (Å²) in [6.45, 7) is 3.55. The van der Waals surface area contributed by atoms with Crippen LogP contribution in [-0.2, 0) is 13.1 Å². The molecule has 17 heavy (non-hydrogen) atoms. The lowest BCUT2D eigenvalue weighted by molar-refractivity contribution is 0.274. The first kappa shape index (κ1) is 13.4. The van der Waals surface area contributed by atoms with Crippen LogP contribution in [0.15, 0.2) is 31.1 Å². The van der Waals surface area contributed by atoms with Crippen molar-refractivity contribution in [1.29, 1.82) is 0 Å². The molecule has 0 atom stereocenters. The summed E-state index contributed by atoms with van der Waals surface area (Å²) in [4.78, 5) is 7.78. The summed E-state index contributed by atoms with van der Waals surface area (Å²) in [6.07, 6.45) is 8.76. The highest BCUT2D eigenvalue weighted by molar-refractivity contribution is 4.87. The molecule has 0 bridgehead atoms. The fraction of sp³-hybridized carbons (Fsp3) is 0.455. The van der Waals surface area contributed by atoms with E-state index in [1.54, 1.807) is 18.7 Å². The predicted octanol–water partition coefficient (Wildman–Crippen LogP) is 0.0592. The minimum absolute atomic E-state index is 0.177. The molecule has 0 unspecified atom stereocenters. The van der Waals surface area contributed by atoms with Crippen molar-refractivity contribution in [3.05, 3.63) is 36.9 Å². The molecule has 94 valence electrons. The van der Waals surface area contributed by atoms with Crippen molar-refractivity contribution in [3.63, 3.8) is 0 Å². The molecule has 2 N–H and O–H groups in total. The van der Waals surface area contributed by atoms with E-state index in [0.29, 0.717) is 13.1 Å². The van der Waals surface area contributed by atoms with E-state index in [2.05, 4.69) is 9.97 Å². The first-order valence-corrected chi connectivity index (χ1v) is 5.43. The summed E-state index contributed by atoms with van der Waals surface area (Å²) in [5.74, 6) is 0.948. The Morgan fingerprint density at radius 2 is 1.88 bits per heavy atom. The van der Waals surface area contributed by atoms with Gasteiger partial charge in [0, 0.05) is 37.9 Å². The topological polar surface area (TPSA) is 76.1 Å². The molecule has 2 aromatic heterocycles. The maximum atomic E-state index is 8.51. The SMILES string of the molecule is Cc1nccn1CCO.OCCn1ccnc1. The Kier molecular flexibility index (Phi) is 5.98. The van der Waals surface area contributed by atoms with Gasteiger partial charge in [-0.3, -0.25) is 0 Å². The lowest BCUT2D eigenvalue weighted by Crippen LogP contribution is -2.02. The van der Waals surface area contributed by atoms with Gasteiger partial charge in [0.15, 0.2) is 0 Å². The second kappa shape index (κ2) is 7.59. The van der Waals surface area contributed by atoms with Gasteiger partial charge in [-0.25, -0.2) is 9.97 Å². The van der Waals surface area contributed by atoms with Crippen molar-refractivity contribution in [1.82, 2.24) is 19.1 Å². The third kappa shape index (κ3) is 4.80. The van der Waals surface area contributed by atoms with Crippen molar-refractivity contribution in [2.24, 2.45) is 0 Å². The maximum Gasteiger partial charge on any atom is 0.105 e. The van der Waals surface area contributed by atoms with Gasteiger partial charge in [-0.05, 0) is 6.92 Å². The van der Waals surface area contributed by atoms with E-state index in [4.69, 9.17) is 10.2 Å². The second-order valence-electron chi connectivity index (χ2n) is 3.42. The Hall–Kier alpha value is -1.66. The zero-order valence-corrected chi connectivity index (χ0v) is 9.90. The van der Waals surface area contributed by atoms with Crippen molar-refractivity contribution in [2.45, 2.75) is 20.0 Å². The van der Waals surface area contributed by atoms with Crippen molar-refractivity contribution < 1.29 is 10.2 Å². The molecule has 0 saturated heterocycles. The van der Waals surface area contributed by atoms with Gasteiger partial charge >= 0.3 is 0 Å². The fourth-order valence-corrected chi connectivity index (χ4v) is 1.28. The van der Waals surface area contributed by atoms with Crippen LogP contribution in [0.5, 0.6) is 0 Å². The van der Waals surface area contributed by atoms with E-state index in [0.717, 1.165) is 5.82 Å². The van der Waals surface area contributed by atoms with Crippen LogP contribution >= 0.6 is 0 Å². The van der Waals surface area contributed by atoms with Gasteiger partial charge in [0.1, 0.15) is 5.82 Å². The lowest BCUT2D eigenvalue weighted by atomic mass is 10.6. The smallest absolute Gasteiger partial charge is 0.105 e. The van der Waals surface area contributed by atoms with E-state index in [1.165, 1.54) is 0 Å². The van der Waals surface area contributed by atoms with Gasteiger partial charge < -0.3 is 19.3 Å². The van der Waals surface area contributed by atoms with E-state index < -0.39 is 0 Å². The number of rotatable bonds is 4. The van der Waals surface area contributed by atoms with Crippen molar-refractivity contribution in [3.8, 4) is 0 Å². The molecular weight excluding hydrogens is 220 g/mol. The monoisotopic (exact) mass is 238 g/mol. The van der Waals surface area contributed by atoms with Crippen LogP contribution in [0.3, 0.4) is 0 Å². The van der Waals surface area contributed by atoms with Crippen LogP contribution in [0.4, 0.5) is 0 Å². The Morgan fingerprint density at radius 3 is 2.35 bits per heavy atom. The summed E-state index contributed by atoms with van der Waals surface area (Å²) >= 11 is 0. The number of hydrogen-bond acceptors (Lipinski definition) is 4. The molecule has 0 aliphatic rings. The van der Waals surface area contributed by atoms with Gasteiger partial charge in [0.2, 0.25) is 0 Å². The van der Waals surface area contributed by atoms with Gasteiger partial charge in [-0.2, -0.15) is 0 Å². The minimum atomic E-state index is 0.177. The Labute approximate surface area is 100 Å². The van der Waals surface area contributed by atoms with Crippen LogP contribution in [0, 0.1) is 6.92 Å². The predicted molar refractivity (Wildman–Crippen MR) is 63.4 cm³/mol. The fourth-order valence-electron chi connectivity index (χ4n) is 1.28. The summed E-state index contributed by atoms with van der Waals surface area (Å²) < 4.78 is 3.72. The summed E-state index contributed by atoms with van der Waals surface area (Å²) in [6, 6.07) is 0. The minimum Gasteiger partial charge on any atom is -0.395 e. The second-order valence-corrected chi connectivity index (χ2v) is 3.42. The number of hydrogen-bond donors (Lipinski definition) is 2. The molecule has 0 radical (unpaired) electrons. The van der Waals surface area contributed by atoms with Crippen molar-refractivity contribution >= 4 is 0 Å². The normalized spacial score (nSPS) is 9.82. The molecule has 0 fully saturated rings. The summed E-state index contributed by atoms with van der Waals surface area (Å²) in [5, 5.41) is 16.9. The van der Waals surface area contributed by atoms with E-state index in [-0.39, 0.29) is 13.2 Å². The number of imidazole rings is 2. The van der Waals surface area contributed by atoms with Gasteiger partial charge in [0.05, 0.1) is 19.5 Å². The quantitative estimate of drug-likeness (QED) is 0.789. The standard InChI is InChI=1S/C6H10N2O.C5H8N2O/c1-6-7-2-3-8(6)4-5-9;8-4-3-7-2-1-6-5-7/h2-3,9H,4-5H2,1H3;1-2,5,8H,3-4H2. The van der Waals surface area contributed by atoms with Gasteiger partial charge in [-0.15, -0.1) is 0 Å². The number of aromatic nitrogens is 4. The lowest BCUT2D eigenvalue weighted by Gasteiger charge is -1.98. The molecule has 0 aliphatic heterocycles. The molecule has 2 aromatic rings. The average Bonchev–Trinajstić information content (AvgIpc) is 2.94. The molecule has 0 aliphatic carbocycles. The number of nitrogens with zero attached hydrogens (tertiary/aromatic N) is 4. The molecule has 2 heterocycles. The van der Waals surface area contributed by atoms with E-state index in [9.17, 15) is 0 Å². The largest absolute Gasteiger partial charge is 0.395 e. The summed E-state index contributed by atoms with van der Waals surface area (Å²) in [5.41, 5.74) is 0. The van der Waals surface area contributed by atoms with E-state index in [1.807, 2.05) is 28.5 Å². The third-order valence-corrected chi connectivity index (χ3v) is 2.18. The number of aliphatic hydroxyl groups excluding tert-OH is 2. The van der Waals surface area contributed by atoms with Crippen LogP contribution in [0.25, 0.3) is 0 Å². The molecule has 0 amide bonds. The molecule has 0 saturated carbocycles. The molecular formula is C11H18N4O2. The third-order valence-electron chi connectivity index (χ3n) is 2.18. The zero-order chi connectivity index (χ0) is 12.5. The highest BCUT2D eigenvalue weighted by atomic mass is 16.3. The molecule has 2 rings (SSSR count). The Morgan fingerprint density at radius 1 is 1.12 bits per heavy atom. The van der Waals surface area contributed by atoms with Crippen LogP contribution < -0.4 is 0 Å². The first-order chi connectivity index (χ1) is 8.27. The first-order valence-electron chi connectivity index (χ1n) is 5.43. The number of aryl methyl sites for hydroxylation is 1. The van der Waals surface area contributed by atoms with Crippen LogP contribution in [0.1, 0.15) is 5.82 Å². The maximum absolute atomic E-state index is 8.51.